The Morgan fingerprint density at radius 2 is 2.11 bits per heavy atom. The Labute approximate surface area is 55.5 Å². The number of nitrogen functional groups attached to an aromatic ring is 1. The molecule has 0 bridgehead atoms. The lowest BCUT2D eigenvalue weighted by molar-refractivity contribution is 1.42. The Bertz CT molecular complexity index is 196. The van der Waals surface area contributed by atoms with Crippen LogP contribution in [0.25, 0.3) is 0 Å². The van der Waals surface area contributed by atoms with Gasteiger partial charge in [0, 0.05) is 5.69 Å². The van der Waals surface area contributed by atoms with Gasteiger partial charge in [0.1, 0.15) is 0 Å². The molecule has 0 atom stereocenters. The predicted octanol–water partition coefficient (Wildman–Crippen LogP) is 1.76. The minimum absolute atomic E-state index is 0.822. The number of anilines is 1. The normalized spacial score (nSPS) is 9.56. The molecule has 1 nitrogen and oxygen atoms in total. The van der Waals surface area contributed by atoms with E-state index >= 15 is 0 Å². The molecule has 1 aromatic carbocycles. The van der Waals surface area contributed by atoms with Crippen molar-refractivity contribution in [3.63, 3.8) is 0 Å². The molecule has 0 aromatic heterocycles. The maximum Gasteiger partial charge on any atom is 0.0346 e. The van der Waals surface area contributed by atoms with Gasteiger partial charge in [0.2, 0.25) is 0 Å². The van der Waals surface area contributed by atoms with E-state index in [4.69, 9.17) is 5.73 Å². The molecule has 1 radical (unpaired) electrons. The summed E-state index contributed by atoms with van der Waals surface area (Å²) in [6.45, 7) is 5.77. The molecule has 0 aliphatic rings. The number of hydrogen-bond acceptors (Lipinski definition) is 1. The summed E-state index contributed by atoms with van der Waals surface area (Å²) in [7, 11) is 0. The Kier molecular flexibility index (Phi) is 1.43. The van der Waals surface area contributed by atoms with Crippen LogP contribution in [0.4, 0.5) is 5.69 Å². The Balaban J connectivity index is 3.25. The highest BCUT2D eigenvalue weighted by molar-refractivity contribution is 5.50. The Hall–Kier alpha value is -0.980. The highest BCUT2D eigenvalue weighted by atomic mass is 14.5. The maximum atomic E-state index is 5.58. The second kappa shape index (κ2) is 2.09. The van der Waals surface area contributed by atoms with Gasteiger partial charge >= 0.3 is 0 Å². The lowest BCUT2D eigenvalue weighted by Gasteiger charge is -2.00. The molecule has 1 heteroatoms. The molecule has 0 saturated carbocycles. The van der Waals surface area contributed by atoms with Crippen LogP contribution in [0.5, 0.6) is 0 Å². The SMILES string of the molecule is [CH2]c1cccc(N)c1C. The average Bonchev–Trinajstić information content (AvgIpc) is 1.83. The summed E-state index contributed by atoms with van der Waals surface area (Å²) in [5, 5.41) is 0. The standard InChI is InChI=1S/C8H10N/c1-6-4-3-5-8(9)7(6)2/h3-5H,1,9H2,2H3. The van der Waals surface area contributed by atoms with E-state index in [9.17, 15) is 0 Å². The minimum Gasteiger partial charge on any atom is -0.399 e. The van der Waals surface area contributed by atoms with E-state index in [1.165, 1.54) is 0 Å². The molecular formula is C8H10N. The van der Waals surface area contributed by atoms with Crippen LogP contribution >= 0.6 is 0 Å². The number of hydrogen-bond donors (Lipinski definition) is 1. The van der Waals surface area contributed by atoms with E-state index in [-0.39, 0.29) is 0 Å². The molecule has 0 saturated heterocycles. The fourth-order valence-corrected chi connectivity index (χ4v) is 0.703. The van der Waals surface area contributed by atoms with Crippen molar-refractivity contribution < 1.29 is 0 Å². The molecule has 0 amide bonds. The summed E-state index contributed by atoms with van der Waals surface area (Å²) < 4.78 is 0. The van der Waals surface area contributed by atoms with E-state index in [0.29, 0.717) is 0 Å². The van der Waals surface area contributed by atoms with Crippen LogP contribution in [0.1, 0.15) is 11.1 Å². The first-order valence-corrected chi connectivity index (χ1v) is 2.89. The van der Waals surface area contributed by atoms with Gasteiger partial charge in [-0.15, -0.1) is 0 Å². The zero-order valence-electron chi connectivity index (χ0n) is 5.52. The van der Waals surface area contributed by atoms with Crippen LogP contribution < -0.4 is 5.73 Å². The molecule has 0 heterocycles. The zero-order chi connectivity index (χ0) is 6.85. The van der Waals surface area contributed by atoms with Gasteiger partial charge in [-0.3, -0.25) is 0 Å². The number of benzene rings is 1. The summed E-state index contributed by atoms with van der Waals surface area (Å²) in [6, 6.07) is 5.74. The third-order valence-electron chi connectivity index (χ3n) is 1.49. The van der Waals surface area contributed by atoms with Crippen LogP contribution in [-0.2, 0) is 0 Å². The van der Waals surface area contributed by atoms with Crippen molar-refractivity contribution in [3.8, 4) is 0 Å². The van der Waals surface area contributed by atoms with E-state index < -0.39 is 0 Å². The third kappa shape index (κ3) is 1.04. The molecule has 0 aliphatic carbocycles. The quantitative estimate of drug-likeness (QED) is 0.519. The largest absolute Gasteiger partial charge is 0.399 e. The summed E-state index contributed by atoms with van der Waals surface area (Å²) in [4.78, 5) is 0. The Morgan fingerprint density at radius 1 is 1.44 bits per heavy atom. The fourth-order valence-electron chi connectivity index (χ4n) is 0.703. The molecule has 9 heavy (non-hydrogen) atoms. The molecule has 2 N–H and O–H groups in total. The van der Waals surface area contributed by atoms with Crippen molar-refractivity contribution in [1.82, 2.24) is 0 Å². The van der Waals surface area contributed by atoms with Crippen molar-refractivity contribution in [1.29, 1.82) is 0 Å². The van der Waals surface area contributed by atoms with Crippen LogP contribution in [0.15, 0.2) is 18.2 Å². The van der Waals surface area contributed by atoms with E-state index in [0.717, 1.165) is 16.8 Å². The van der Waals surface area contributed by atoms with Gasteiger partial charge in [-0.2, -0.15) is 0 Å². The second-order valence-electron chi connectivity index (χ2n) is 2.13. The molecule has 0 fully saturated rings. The monoisotopic (exact) mass is 120 g/mol. The second-order valence-corrected chi connectivity index (χ2v) is 2.13. The fraction of sp³-hybridized carbons (Fsp3) is 0.125. The number of rotatable bonds is 0. The van der Waals surface area contributed by atoms with E-state index in [1.807, 2.05) is 25.1 Å². The lowest BCUT2D eigenvalue weighted by atomic mass is 10.1. The van der Waals surface area contributed by atoms with Gasteiger partial charge in [0.05, 0.1) is 0 Å². The molecule has 1 rings (SSSR count). The van der Waals surface area contributed by atoms with Gasteiger partial charge in [-0.05, 0) is 31.0 Å². The van der Waals surface area contributed by atoms with E-state index in [2.05, 4.69) is 6.92 Å². The zero-order valence-corrected chi connectivity index (χ0v) is 5.52. The first-order valence-electron chi connectivity index (χ1n) is 2.89. The molecule has 0 spiro atoms. The van der Waals surface area contributed by atoms with Crippen molar-refractivity contribution in [2.75, 3.05) is 5.73 Å². The van der Waals surface area contributed by atoms with Crippen molar-refractivity contribution in [2.45, 2.75) is 6.92 Å². The molecule has 47 valence electrons. The molecule has 0 unspecified atom stereocenters. The maximum absolute atomic E-state index is 5.58. The summed E-state index contributed by atoms with van der Waals surface area (Å²) in [5.41, 5.74) is 8.49. The third-order valence-corrected chi connectivity index (χ3v) is 1.49. The van der Waals surface area contributed by atoms with Crippen LogP contribution in [0.2, 0.25) is 0 Å². The predicted molar refractivity (Wildman–Crippen MR) is 40.1 cm³/mol. The van der Waals surface area contributed by atoms with Gasteiger partial charge < -0.3 is 5.73 Å². The smallest absolute Gasteiger partial charge is 0.0346 e. The van der Waals surface area contributed by atoms with Crippen LogP contribution in [0, 0.1) is 13.8 Å². The summed E-state index contributed by atoms with van der Waals surface area (Å²) in [6.07, 6.45) is 0. The van der Waals surface area contributed by atoms with Gasteiger partial charge in [-0.25, -0.2) is 0 Å². The van der Waals surface area contributed by atoms with Crippen molar-refractivity contribution >= 4 is 5.69 Å². The van der Waals surface area contributed by atoms with Crippen LogP contribution in [-0.4, -0.2) is 0 Å². The molecule has 0 aliphatic heterocycles. The van der Waals surface area contributed by atoms with Gasteiger partial charge in [0.25, 0.3) is 0 Å². The van der Waals surface area contributed by atoms with Crippen molar-refractivity contribution in [2.24, 2.45) is 0 Å². The minimum atomic E-state index is 0.822. The Morgan fingerprint density at radius 3 is 2.56 bits per heavy atom. The first-order chi connectivity index (χ1) is 4.22. The highest BCUT2D eigenvalue weighted by Crippen LogP contribution is 2.13. The van der Waals surface area contributed by atoms with E-state index in [1.54, 1.807) is 0 Å². The highest BCUT2D eigenvalue weighted by Gasteiger charge is 1.92. The van der Waals surface area contributed by atoms with Gasteiger partial charge in [-0.1, -0.05) is 12.1 Å². The molecular weight excluding hydrogens is 110 g/mol. The van der Waals surface area contributed by atoms with Crippen molar-refractivity contribution in [3.05, 3.63) is 36.2 Å². The van der Waals surface area contributed by atoms with Crippen LogP contribution in [0.3, 0.4) is 0 Å². The molecule has 1 aromatic rings. The van der Waals surface area contributed by atoms with Gasteiger partial charge in [0.15, 0.2) is 0 Å². The number of nitrogens with two attached hydrogens (primary N) is 1. The first kappa shape index (κ1) is 6.14. The summed E-state index contributed by atoms with van der Waals surface area (Å²) in [5.74, 6) is 0. The lowest BCUT2D eigenvalue weighted by Crippen LogP contribution is -1.90. The summed E-state index contributed by atoms with van der Waals surface area (Å²) >= 11 is 0. The average molecular weight is 120 g/mol. The topological polar surface area (TPSA) is 26.0 Å².